The molecule has 0 atom stereocenters. The number of ether oxygens (including phenoxy) is 2. The summed E-state index contributed by atoms with van der Waals surface area (Å²) in [6.45, 7) is 4.49. The van der Waals surface area contributed by atoms with Crippen LogP contribution in [0.4, 0.5) is 0 Å². The molecule has 0 spiro atoms. The Kier molecular flexibility index (Phi) is 6.10. The highest BCUT2D eigenvalue weighted by Crippen LogP contribution is 2.17. The van der Waals surface area contributed by atoms with Crippen LogP contribution in [0.1, 0.15) is 24.5 Å². The first-order valence-corrected chi connectivity index (χ1v) is 7.38. The SMILES string of the molecule is CCCOc1ccc(CNCc2ccccc2OC)cc1. The van der Waals surface area contributed by atoms with E-state index in [1.165, 1.54) is 11.1 Å². The molecule has 2 aromatic rings. The van der Waals surface area contributed by atoms with Crippen LogP contribution >= 0.6 is 0 Å². The molecule has 0 fully saturated rings. The van der Waals surface area contributed by atoms with E-state index in [-0.39, 0.29) is 0 Å². The smallest absolute Gasteiger partial charge is 0.123 e. The lowest BCUT2D eigenvalue weighted by molar-refractivity contribution is 0.317. The van der Waals surface area contributed by atoms with Crippen molar-refractivity contribution in [2.24, 2.45) is 0 Å². The summed E-state index contributed by atoms with van der Waals surface area (Å²) in [5.74, 6) is 1.86. The van der Waals surface area contributed by atoms with E-state index in [0.717, 1.165) is 37.6 Å². The second-order valence-corrected chi connectivity index (χ2v) is 4.91. The van der Waals surface area contributed by atoms with Crippen LogP contribution in [0.5, 0.6) is 11.5 Å². The van der Waals surface area contributed by atoms with E-state index in [1.807, 2.05) is 30.3 Å². The Bertz CT molecular complexity index is 537. The van der Waals surface area contributed by atoms with Crippen LogP contribution in [0, 0.1) is 0 Å². The van der Waals surface area contributed by atoms with Gasteiger partial charge in [-0.2, -0.15) is 0 Å². The van der Waals surface area contributed by atoms with Gasteiger partial charge in [0.1, 0.15) is 11.5 Å². The average Bonchev–Trinajstić information content (AvgIpc) is 2.54. The molecule has 2 aromatic carbocycles. The zero-order chi connectivity index (χ0) is 14.9. The van der Waals surface area contributed by atoms with E-state index in [9.17, 15) is 0 Å². The maximum atomic E-state index is 5.58. The van der Waals surface area contributed by atoms with Gasteiger partial charge in [-0.15, -0.1) is 0 Å². The Balaban J connectivity index is 1.83. The zero-order valence-electron chi connectivity index (χ0n) is 12.8. The first kappa shape index (κ1) is 15.4. The van der Waals surface area contributed by atoms with Crippen LogP contribution in [0.3, 0.4) is 0 Å². The quantitative estimate of drug-likeness (QED) is 0.801. The molecular formula is C18H23NO2. The minimum Gasteiger partial charge on any atom is -0.496 e. The monoisotopic (exact) mass is 285 g/mol. The molecule has 3 nitrogen and oxygen atoms in total. The second kappa shape index (κ2) is 8.32. The van der Waals surface area contributed by atoms with Crippen molar-refractivity contribution in [3.63, 3.8) is 0 Å². The van der Waals surface area contributed by atoms with E-state index in [2.05, 4.69) is 30.4 Å². The fourth-order valence-electron chi connectivity index (χ4n) is 2.11. The predicted molar refractivity (Wildman–Crippen MR) is 85.8 cm³/mol. The van der Waals surface area contributed by atoms with Crippen molar-refractivity contribution in [1.82, 2.24) is 5.32 Å². The predicted octanol–water partition coefficient (Wildman–Crippen LogP) is 3.77. The minimum absolute atomic E-state index is 0.769. The molecule has 0 aliphatic rings. The molecule has 0 aliphatic carbocycles. The third-order valence-corrected chi connectivity index (χ3v) is 3.23. The van der Waals surface area contributed by atoms with Gasteiger partial charge in [0, 0.05) is 18.7 Å². The van der Waals surface area contributed by atoms with Gasteiger partial charge in [-0.3, -0.25) is 0 Å². The van der Waals surface area contributed by atoms with E-state index >= 15 is 0 Å². The maximum absolute atomic E-state index is 5.58. The first-order valence-electron chi connectivity index (χ1n) is 7.38. The molecule has 0 heterocycles. The van der Waals surface area contributed by atoms with Gasteiger partial charge in [0.2, 0.25) is 0 Å². The maximum Gasteiger partial charge on any atom is 0.123 e. The minimum atomic E-state index is 0.769. The number of methoxy groups -OCH3 is 1. The molecule has 0 aromatic heterocycles. The summed E-state index contributed by atoms with van der Waals surface area (Å²) in [6, 6.07) is 16.3. The molecule has 0 radical (unpaired) electrons. The normalized spacial score (nSPS) is 10.4. The molecule has 0 bridgehead atoms. The standard InChI is InChI=1S/C18H23NO2/c1-3-12-21-17-10-8-15(9-11-17)13-19-14-16-6-4-5-7-18(16)20-2/h4-11,19H,3,12-14H2,1-2H3. The summed E-state index contributed by atoms with van der Waals surface area (Å²) in [4.78, 5) is 0. The third-order valence-electron chi connectivity index (χ3n) is 3.23. The molecule has 21 heavy (non-hydrogen) atoms. The molecular weight excluding hydrogens is 262 g/mol. The fraction of sp³-hybridized carbons (Fsp3) is 0.333. The van der Waals surface area contributed by atoms with Crippen molar-refractivity contribution in [2.45, 2.75) is 26.4 Å². The van der Waals surface area contributed by atoms with Gasteiger partial charge in [-0.1, -0.05) is 37.3 Å². The van der Waals surface area contributed by atoms with E-state index in [1.54, 1.807) is 7.11 Å². The summed E-state index contributed by atoms with van der Waals surface area (Å²) in [5, 5.41) is 3.43. The molecule has 112 valence electrons. The average molecular weight is 285 g/mol. The van der Waals surface area contributed by atoms with Gasteiger partial charge in [0.05, 0.1) is 13.7 Å². The van der Waals surface area contributed by atoms with Crippen LogP contribution < -0.4 is 14.8 Å². The highest BCUT2D eigenvalue weighted by Gasteiger charge is 2.01. The van der Waals surface area contributed by atoms with Crippen molar-refractivity contribution >= 4 is 0 Å². The largest absolute Gasteiger partial charge is 0.496 e. The molecule has 0 unspecified atom stereocenters. The molecule has 3 heteroatoms. The third kappa shape index (κ3) is 4.80. The topological polar surface area (TPSA) is 30.5 Å². The van der Waals surface area contributed by atoms with E-state index < -0.39 is 0 Å². The first-order chi connectivity index (χ1) is 10.3. The number of hydrogen-bond donors (Lipinski definition) is 1. The summed E-state index contributed by atoms with van der Waals surface area (Å²) < 4.78 is 10.9. The summed E-state index contributed by atoms with van der Waals surface area (Å²) in [7, 11) is 1.70. The van der Waals surface area contributed by atoms with Crippen LogP contribution in [-0.4, -0.2) is 13.7 Å². The van der Waals surface area contributed by atoms with Gasteiger partial charge in [-0.25, -0.2) is 0 Å². The molecule has 0 amide bonds. The molecule has 0 saturated heterocycles. The van der Waals surface area contributed by atoms with Gasteiger partial charge in [-0.05, 0) is 30.2 Å². The van der Waals surface area contributed by atoms with Gasteiger partial charge < -0.3 is 14.8 Å². The Hall–Kier alpha value is -2.00. The van der Waals surface area contributed by atoms with Crippen molar-refractivity contribution in [2.75, 3.05) is 13.7 Å². The molecule has 1 N–H and O–H groups in total. The fourth-order valence-corrected chi connectivity index (χ4v) is 2.11. The Morgan fingerprint density at radius 2 is 1.71 bits per heavy atom. The summed E-state index contributed by atoms with van der Waals surface area (Å²) >= 11 is 0. The zero-order valence-corrected chi connectivity index (χ0v) is 12.8. The highest BCUT2D eigenvalue weighted by atomic mass is 16.5. The number of nitrogens with one attached hydrogen (secondary N) is 1. The highest BCUT2D eigenvalue weighted by molar-refractivity contribution is 5.33. The van der Waals surface area contributed by atoms with Crippen molar-refractivity contribution in [3.05, 3.63) is 59.7 Å². The lowest BCUT2D eigenvalue weighted by Crippen LogP contribution is -2.13. The summed E-state index contributed by atoms with van der Waals surface area (Å²) in [5.41, 5.74) is 2.41. The van der Waals surface area contributed by atoms with E-state index in [4.69, 9.17) is 9.47 Å². The molecule has 2 rings (SSSR count). The lowest BCUT2D eigenvalue weighted by atomic mass is 10.2. The van der Waals surface area contributed by atoms with Crippen LogP contribution in [0.15, 0.2) is 48.5 Å². The van der Waals surface area contributed by atoms with Crippen molar-refractivity contribution in [1.29, 1.82) is 0 Å². The van der Waals surface area contributed by atoms with Crippen molar-refractivity contribution < 1.29 is 9.47 Å². The lowest BCUT2D eigenvalue weighted by Gasteiger charge is -2.10. The summed E-state index contributed by atoms with van der Waals surface area (Å²) in [6.07, 6.45) is 1.03. The van der Waals surface area contributed by atoms with Crippen LogP contribution in [0.25, 0.3) is 0 Å². The molecule has 0 saturated carbocycles. The number of hydrogen-bond acceptors (Lipinski definition) is 3. The van der Waals surface area contributed by atoms with E-state index in [0.29, 0.717) is 0 Å². The van der Waals surface area contributed by atoms with Crippen LogP contribution in [-0.2, 0) is 13.1 Å². The Morgan fingerprint density at radius 1 is 0.952 bits per heavy atom. The molecule has 0 aliphatic heterocycles. The number of para-hydroxylation sites is 1. The number of rotatable bonds is 8. The number of benzene rings is 2. The Morgan fingerprint density at radius 3 is 2.43 bits per heavy atom. The van der Waals surface area contributed by atoms with Gasteiger partial charge >= 0.3 is 0 Å². The van der Waals surface area contributed by atoms with Gasteiger partial charge in [0.15, 0.2) is 0 Å². The van der Waals surface area contributed by atoms with Crippen LogP contribution in [0.2, 0.25) is 0 Å². The van der Waals surface area contributed by atoms with Crippen molar-refractivity contribution in [3.8, 4) is 11.5 Å². The Labute approximate surface area is 126 Å². The van der Waals surface area contributed by atoms with Gasteiger partial charge in [0.25, 0.3) is 0 Å². The second-order valence-electron chi connectivity index (χ2n) is 4.91.